The van der Waals surface area contributed by atoms with Gasteiger partial charge < -0.3 is 15.4 Å². The normalized spacial score (nSPS) is 15.1. The third-order valence-corrected chi connectivity index (χ3v) is 5.35. The zero-order valence-corrected chi connectivity index (χ0v) is 20.2. The van der Waals surface area contributed by atoms with Gasteiger partial charge in [0.15, 0.2) is 5.96 Å². The lowest BCUT2D eigenvalue weighted by Crippen LogP contribution is -2.42. The van der Waals surface area contributed by atoms with Gasteiger partial charge in [-0.15, -0.1) is 24.0 Å². The lowest BCUT2D eigenvalue weighted by molar-refractivity contribution is -0.384. The highest BCUT2D eigenvalue weighted by atomic mass is 127. The number of rotatable bonds is 8. The first-order valence-corrected chi connectivity index (χ1v) is 10.2. The van der Waals surface area contributed by atoms with E-state index in [0.29, 0.717) is 19.0 Å². The van der Waals surface area contributed by atoms with E-state index in [4.69, 9.17) is 4.74 Å². The summed E-state index contributed by atoms with van der Waals surface area (Å²) < 4.78 is 5.29. The molecular formula is C22H30IN5O3. The lowest BCUT2D eigenvalue weighted by Gasteiger charge is -2.29. The molecule has 2 N–H and O–H groups in total. The minimum absolute atomic E-state index is 0. The Morgan fingerprint density at radius 2 is 1.90 bits per heavy atom. The summed E-state index contributed by atoms with van der Waals surface area (Å²) in [6.07, 6.45) is 2.43. The number of nitrogens with one attached hydrogen (secondary N) is 2. The molecule has 1 atom stereocenters. The SMILES string of the molecule is CN=C(NCc1cccc([N+](=O)[O-])c1)NCC(c1ccc(OC)cc1)N1CCCC1.I. The number of nitrogens with zero attached hydrogens (tertiary/aromatic N) is 3. The maximum absolute atomic E-state index is 11.0. The molecule has 0 amide bonds. The van der Waals surface area contributed by atoms with Gasteiger partial charge in [-0.05, 0) is 49.2 Å². The summed E-state index contributed by atoms with van der Waals surface area (Å²) in [5.41, 5.74) is 2.16. The number of hydrogen-bond donors (Lipinski definition) is 2. The smallest absolute Gasteiger partial charge is 0.269 e. The number of nitro benzene ring substituents is 1. The number of likely N-dealkylation sites (tertiary alicyclic amines) is 1. The Labute approximate surface area is 200 Å². The van der Waals surface area contributed by atoms with E-state index in [1.165, 1.54) is 24.5 Å². The van der Waals surface area contributed by atoms with Gasteiger partial charge in [0, 0.05) is 32.3 Å². The number of guanidine groups is 1. The molecule has 0 spiro atoms. The van der Waals surface area contributed by atoms with E-state index in [9.17, 15) is 10.1 Å². The number of halogens is 1. The third kappa shape index (κ3) is 7.06. The van der Waals surface area contributed by atoms with Crippen molar-refractivity contribution in [3.8, 4) is 5.75 Å². The maximum Gasteiger partial charge on any atom is 0.269 e. The van der Waals surface area contributed by atoms with Crippen LogP contribution in [-0.4, -0.2) is 49.6 Å². The standard InChI is InChI=1S/C22H29N5O3.HI/c1-23-22(24-15-17-6-5-7-19(14-17)27(28)29)25-16-21(26-12-3-4-13-26)18-8-10-20(30-2)11-9-18;/h5-11,14,21H,3-4,12-13,15-16H2,1-2H3,(H2,23,24,25);1H. The van der Waals surface area contributed by atoms with Crippen LogP contribution in [0.5, 0.6) is 5.75 Å². The quantitative estimate of drug-likeness (QED) is 0.175. The molecule has 2 aromatic carbocycles. The predicted molar refractivity (Wildman–Crippen MR) is 133 cm³/mol. The van der Waals surface area contributed by atoms with Crippen molar-refractivity contribution in [1.82, 2.24) is 15.5 Å². The summed E-state index contributed by atoms with van der Waals surface area (Å²) in [6.45, 7) is 3.33. The van der Waals surface area contributed by atoms with Crippen LogP contribution in [0.3, 0.4) is 0 Å². The minimum Gasteiger partial charge on any atom is -0.497 e. The van der Waals surface area contributed by atoms with E-state index >= 15 is 0 Å². The van der Waals surface area contributed by atoms with E-state index in [-0.39, 0.29) is 40.6 Å². The summed E-state index contributed by atoms with van der Waals surface area (Å²) in [5.74, 6) is 1.51. The van der Waals surface area contributed by atoms with Crippen molar-refractivity contribution in [3.63, 3.8) is 0 Å². The Morgan fingerprint density at radius 1 is 1.19 bits per heavy atom. The average molecular weight is 539 g/mol. The maximum atomic E-state index is 11.0. The summed E-state index contributed by atoms with van der Waals surface area (Å²) in [7, 11) is 3.40. The van der Waals surface area contributed by atoms with E-state index in [1.807, 2.05) is 18.2 Å². The fourth-order valence-electron chi connectivity index (χ4n) is 3.72. The van der Waals surface area contributed by atoms with Crippen LogP contribution >= 0.6 is 24.0 Å². The molecule has 31 heavy (non-hydrogen) atoms. The fraction of sp³-hybridized carbons (Fsp3) is 0.409. The number of ether oxygens (including phenoxy) is 1. The predicted octanol–water partition coefficient (Wildman–Crippen LogP) is 3.72. The van der Waals surface area contributed by atoms with Crippen molar-refractivity contribution in [2.24, 2.45) is 4.99 Å². The minimum atomic E-state index is -0.383. The monoisotopic (exact) mass is 539 g/mol. The zero-order valence-electron chi connectivity index (χ0n) is 17.9. The van der Waals surface area contributed by atoms with Crippen LogP contribution < -0.4 is 15.4 Å². The molecule has 0 aromatic heterocycles. The first-order chi connectivity index (χ1) is 14.6. The number of methoxy groups -OCH3 is 1. The molecule has 1 aliphatic rings. The van der Waals surface area contributed by atoms with Crippen molar-refractivity contribution in [2.75, 3.05) is 33.8 Å². The Morgan fingerprint density at radius 3 is 2.52 bits per heavy atom. The molecule has 2 aromatic rings. The Bertz CT molecular complexity index is 870. The highest BCUT2D eigenvalue weighted by Crippen LogP contribution is 2.26. The molecule has 1 aliphatic heterocycles. The third-order valence-electron chi connectivity index (χ3n) is 5.35. The van der Waals surface area contributed by atoms with Crippen molar-refractivity contribution in [2.45, 2.75) is 25.4 Å². The number of nitro groups is 1. The molecule has 3 rings (SSSR count). The molecule has 0 aliphatic carbocycles. The van der Waals surface area contributed by atoms with Gasteiger partial charge in [0.05, 0.1) is 18.1 Å². The van der Waals surface area contributed by atoms with Crippen molar-refractivity contribution >= 4 is 35.6 Å². The average Bonchev–Trinajstić information content (AvgIpc) is 3.31. The number of hydrogen-bond acceptors (Lipinski definition) is 5. The summed E-state index contributed by atoms with van der Waals surface area (Å²) in [4.78, 5) is 17.4. The highest BCUT2D eigenvalue weighted by molar-refractivity contribution is 14.0. The van der Waals surface area contributed by atoms with Gasteiger partial charge in [0.25, 0.3) is 5.69 Å². The van der Waals surface area contributed by atoms with Crippen LogP contribution in [-0.2, 0) is 6.54 Å². The van der Waals surface area contributed by atoms with Gasteiger partial charge in [0.1, 0.15) is 5.75 Å². The van der Waals surface area contributed by atoms with Gasteiger partial charge >= 0.3 is 0 Å². The summed E-state index contributed by atoms with van der Waals surface area (Å²) >= 11 is 0. The fourth-order valence-corrected chi connectivity index (χ4v) is 3.72. The zero-order chi connectivity index (χ0) is 21.3. The summed E-state index contributed by atoms with van der Waals surface area (Å²) in [5, 5.41) is 17.6. The Hall–Kier alpha value is -2.40. The first kappa shape index (κ1) is 24.9. The molecule has 1 heterocycles. The molecule has 0 radical (unpaired) electrons. The highest BCUT2D eigenvalue weighted by Gasteiger charge is 2.23. The molecule has 168 valence electrons. The van der Waals surface area contributed by atoms with Crippen molar-refractivity contribution in [3.05, 3.63) is 69.8 Å². The molecular weight excluding hydrogens is 509 g/mol. The molecule has 1 saturated heterocycles. The van der Waals surface area contributed by atoms with Crippen LogP contribution in [0.2, 0.25) is 0 Å². The van der Waals surface area contributed by atoms with E-state index < -0.39 is 0 Å². The summed E-state index contributed by atoms with van der Waals surface area (Å²) in [6, 6.07) is 15.1. The van der Waals surface area contributed by atoms with Crippen LogP contribution in [0.25, 0.3) is 0 Å². The van der Waals surface area contributed by atoms with Gasteiger partial charge in [-0.2, -0.15) is 0 Å². The van der Waals surface area contributed by atoms with Crippen LogP contribution in [0.15, 0.2) is 53.5 Å². The van der Waals surface area contributed by atoms with Gasteiger partial charge in [-0.3, -0.25) is 20.0 Å². The van der Waals surface area contributed by atoms with Gasteiger partial charge in [-0.25, -0.2) is 0 Å². The molecule has 1 fully saturated rings. The molecule has 8 nitrogen and oxygen atoms in total. The number of benzene rings is 2. The first-order valence-electron chi connectivity index (χ1n) is 10.2. The second-order valence-electron chi connectivity index (χ2n) is 7.27. The van der Waals surface area contributed by atoms with Gasteiger partial charge in [-0.1, -0.05) is 24.3 Å². The van der Waals surface area contributed by atoms with E-state index in [2.05, 4.69) is 32.7 Å². The molecule has 9 heteroatoms. The molecule has 1 unspecified atom stereocenters. The van der Waals surface area contributed by atoms with Crippen molar-refractivity contribution < 1.29 is 9.66 Å². The second kappa shape index (κ2) is 12.5. The second-order valence-corrected chi connectivity index (χ2v) is 7.27. The largest absolute Gasteiger partial charge is 0.497 e. The topological polar surface area (TPSA) is 92.0 Å². The van der Waals surface area contributed by atoms with Gasteiger partial charge in [0.2, 0.25) is 0 Å². The number of aliphatic imine (C=N–C) groups is 1. The Kier molecular flexibility index (Phi) is 9.99. The van der Waals surface area contributed by atoms with E-state index in [0.717, 1.165) is 24.4 Å². The van der Waals surface area contributed by atoms with Crippen LogP contribution in [0.1, 0.15) is 30.0 Å². The van der Waals surface area contributed by atoms with Crippen molar-refractivity contribution in [1.29, 1.82) is 0 Å². The Balaban J connectivity index is 0.00000341. The molecule has 0 bridgehead atoms. The van der Waals surface area contributed by atoms with Crippen LogP contribution in [0, 0.1) is 10.1 Å². The van der Waals surface area contributed by atoms with Crippen LogP contribution in [0.4, 0.5) is 5.69 Å². The van der Waals surface area contributed by atoms with E-state index in [1.54, 1.807) is 26.3 Å². The molecule has 0 saturated carbocycles. The number of non-ortho nitro benzene ring substituents is 1. The lowest BCUT2D eigenvalue weighted by atomic mass is 10.1.